The van der Waals surface area contributed by atoms with Gasteiger partial charge in [-0.2, -0.15) is 5.10 Å². The normalized spacial score (nSPS) is 10.9. The largest absolute Gasteiger partial charge is 0.330 e. The number of hydrogen-bond donors (Lipinski definition) is 2. The first kappa shape index (κ1) is 8.20. The summed E-state index contributed by atoms with van der Waals surface area (Å²) in [5.41, 5.74) is 5.36. The Hall–Kier alpha value is -0.900. The summed E-state index contributed by atoms with van der Waals surface area (Å²) in [7, 11) is 0. The molecule has 1 rings (SSSR count). The molecule has 4 heteroatoms. The van der Waals surface area contributed by atoms with Crippen LogP contribution in [0.3, 0.4) is 0 Å². The van der Waals surface area contributed by atoms with E-state index >= 15 is 0 Å². The third kappa shape index (κ3) is 2.01. The lowest BCUT2D eigenvalue weighted by Crippen LogP contribution is -2.04. The monoisotopic (exact) mass is 154 g/mol. The molecule has 3 N–H and O–H groups in total. The van der Waals surface area contributed by atoms with E-state index in [1.54, 1.807) is 0 Å². The highest BCUT2D eigenvalue weighted by atomic mass is 15.2. The van der Waals surface area contributed by atoms with Gasteiger partial charge < -0.3 is 5.73 Å². The van der Waals surface area contributed by atoms with Crippen LogP contribution in [0.4, 0.5) is 0 Å². The van der Waals surface area contributed by atoms with E-state index in [1.807, 2.05) is 0 Å². The fraction of sp³-hybridized carbons (Fsp3) is 0.714. The Kier molecular flexibility index (Phi) is 2.59. The van der Waals surface area contributed by atoms with Crippen molar-refractivity contribution in [1.82, 2.24) is 15.2 Å². The van der Waals surface area contributed by atoms with E-state index in [0.29, 0.717) is 12.5 Å². The molecule has 0 unspecified atom stereocenters. The summed E-state index contributed by atoms with van der Waals surface area (Å²) in [6.45, 7) is 4.75. The Morgan fingerprint density at radius 3 is 2.73 bits per heavy atom. The van der Waals surface area contributed by atoms with Gasteiger partial charge in [0.15, 0.2) is 5.82 Å². The van der Waals surface area contributed by atoms with Gasteiger partial charge in [0.05, 0.1) is 0 Å². The Morgan fingerprint density at radius 2 is 2.27 bits per heavy atom. The van der Waals surface area contributed by atoms with Crippen molar-refractivity contribution >= 4 is 0 Å². The molecule has 1 heterocycles. The third-order valence-electron chi connectivity index (χ3n) is 1.45. The molecule has 0 amide bonds. The molecule has 0 spiro atoms. The molecule has 4 nitrogen and oxygen atoms in total. The number of nitrogens with zero attached hydrogens (tertiary/aromatic N) is 2. The first-order valence-corrected chi connectivity index (χ1v) is 3.85. The maximum absolute atomic E-state index is 5.36. The number of rotatable bonds is 3. The maximum Gasteiger partial charge on any atom is 0.153 e. The van der Waals surface area contributed by atoms with Gasteiger partial charge in [0.1, 0.15) is 5.82 Å². The molecular formula is C7H14N4. The van der Waals surface area contributed by atoms with Gasteiger partial charge >= 0.3 is 0 Å². The number of hydrogen-bond acceptors (Lipinski definition) is 3. The van der Waals surface area contributed by atoms with Crippen molar-refractivity contribution < 1.29 is 0 Å². The summed E-state index contributed by atoms with van der Waals surface area (Å²) >= 11 is 0. The first-order valence-electron chi connectivity index (χ1n) is 3.85. The SMILES string of the molecule is CC(C)c1n[nH]c(CCN)n1. The van der Waals surface area contributed by atoms with E-state index in [-0.39, 0.29) is 0 Å². The van der Waals surface area contributed by atoms with E-state index in [1.165, 1.54) is 0 Å². The molecule has 0 aliphatic carbocycles. The highest BCUT2D eigenvalue weighted by molar-refractivity contribution is 4.94. The van der Waals surface area contributed by atoms with Crippen LogP contribution in [0.1, 0.15) is 31.4 Å². The van der Waals surface area contributed by atoms with Crippen LogP contribution >= 0.6 is 0 Å². The van der Waals surface area contributed by atoms with Gasteiger partial charge in [-0.05, 0) is 6.54 Å². The Morgan fingerprint density at radius 1 is 1.55 bits per heavy atom. The quantitative estimate of drug-likeness (QED) is 0.663. The second kappa shape index (κ2) is 3.48. The number of aromatic amines is 1. The molecule has 0 aromatic carbocycles. The molecule has 0 radical (unpaired) electrons. The van der Waals surface area contributed by atoms with Gasteiger partial charge in [0.2, 0.25) is 0 Å². The van der Waals surface area contributed by atoms with Crippen LogP contribution in [0.2, 0.25) is 0 Å². The second-order valence-electron chi connectivity index (χ2n) is 2.83. The second-order valence-corrected chi connectivity index (χ2v) is 2.83. The lowest BCUT2D eigenvalue weighted by atomic mass is 10.2. The predicted molar refractivity (Wildman–Crippen MR) is 43.2 cm³/mol. The maximum atomic E-state index is 5.36. The number of aromatic nitrogens is 3. The van der Waals surface area contributed by atoms with Crippen molar-refractivity contribution in [2.24, 2.45) is 5.73 Å². The summed E-state index contributed by atoms with van der Waals surface area (Å²) in [6, 6.07) is 0. The van der Waals surface area contributed by atoms with Crippen molar-refractivity contribution in [3.05, 3.63) is 11.6 Å². The number of H-pyrrole nitrogens is 1. The zero-order chi connectivity index (χ0) is 8.27. The lowest BCUT2D eigenvalue weighted by Gasteiger charge is -1.93. The number of nitrogens with two attached hydrogens (primary N) is 1. The van der Waals surface area contributed by atoms with Crippen LogP contribution in [0.15, 0.2) is 0 Å². The first-order chi connectivity index (χ1) is 5.24. The minimum absolute atomic E-state index is 0.387. The summed E-state index contributed by atoms with van der Waals surface area (Å²) in [5.74, 6) is 2.14. The molecule has 0 aliphatic heterocycles. The molecule has 0 bridgehead atoms. The predicted octanol–water partition coefficient (Wildman–Crippen LogP) is 0.429. The van der Waals surface area contributed by atoms with Crippen LogP contribution in [-0.2, 0) is 6.42 Å². The molecule has 0 fully saturated rings. The van der Waals surface area contributed by atoms with Crippen molar-refractivity contribution in [2.45, 2.75) is 26.2 Å². The van der Waals surface area contributed by atoms with Gasteiger partial charge in [-0.15, -0.1) is 0 Å². The topological polar surface area (TPSA) is 67.6 Å². The third-order valence-corrected chi connectivity index (χ3v) is 1.45. The van der Waals surface area contributed by atoms with Crippen molar-refractivity contribution in [3.63, 3.8) is 0 Å². The molecule has 62 valence electrons. The molecule has 11 heavy (non-hydrogen) atoms. The van der Waals surface area contributed by atoms with E-state index in [9.17, 15) is 0 Å². The van der Waals surface area contributed by atoms with E-state index in [2.05, 4.69) is 29.0 Å². The van der Waals surface area contributed by atoms with Crippen molar-refractivity contribution in [1.29, 1.82) is 0 Å². The highest BCUT2D eigenvalue weighted by Crippen LogP contribution is 2.07. The zero-order valence-electron chi connectivity index (χ0n) is 6.96. The fourth-order valence-corrected chi connectivity index (χ4v) is 0.817. The molecule has 0 saturated heterocycles. The lowest BCUT2D eigenvalue weighted by molar-refractivity contribution is 0.780. The zero-order valence-corrected chi connectivity index (χ0v) is 6.96. The van der Waals surface area contributed by atoms with Crippen LogP contribution in [0.5, 0.6) is 0 Å². The Bertz CT molecular complexity index is 216. The standard InChI is InChI=1S/C7H14N4/c1-5(2)7-9-6(3-4-8)10-11-7/h5H,3-4,8H2,1-2H3,(H,9,10,11). The average molecular weight is 154 g/mol. The molecule has 0 aliphatic rings. The molecule has 0 atom stereocenters. The van der Waals surface area contributed by atoms with Gasteiger partial charge in [-0.3, -0.25) is 5.10 Å². The highest BCUT2D eigenvalue weighted by Gasteiger charge is 2.05. The summed E-state index contributed by atoms with van der Waals surface area (Å²) in [6.07, 6.45) is 0.778. The summed E-state index contributed by atoms with van der Waals surface area (Å²) < 4.78 is 0. The summed E-state index contributed by atoms with van der Waals surface area (Å²) in [5, 5.41) is 6.89. The number of nitrogens with one attached hydrogen (secondary N) is 1. The van der Waals surface area contributed by atoms with E-state index in [4.69, 9.17) is 5.73 Å². The molecule has 1 aromatic heterocycles. The Labute approximate surface area is 66.2 Å². The average Bonchev–Trinajstić information content (AvgIpc) is 2.37. The van der Waals surface area contributed by atoms with Gasteiger partial charge in [0, 0.05) is 12.3 Å². The van der Waals surface area contributed by atoms with E-state index < -0.39 is 0 Å². The van der Waals surface area contributed by atoms with E-state index in [0.717, 1.165) is 18.1 Å². The van der Waals surface area contributed by atoms with Gasteiger partial charge in [-0.1, -0.05) is 13.8 Å². The minimum Gasteiger partial charge on any atom is -0.330 e. The van der Waals surface area contributed by atoms with Crippen LogP contribution in [0.25, 0.3) is 0 Å². The Balaban J connectivity index is 2.66. The minimum atomic E-state index is 0.387. The summed E-state index contributed by atoms with van der Waals surface area (Å²) in [4.78, 5) is 4.25. The van der Waals surface area contributed by atoms with Crippen molar-refractivity contribution in [2.75, 3.05) is 6.54 Å². The van der Waals surface area contributed by atoms with Crippen LogP contribution < -0.4 is 5.73 Å². The van der Waals surface area contributed by atoms with Gasteiger partial charge in [0.25, 0.3) is 0 Å². The van der Waals surface area contributed by atoms with Gasteiger partial charge in [-0.25, -0.2) is 4.98 Å². The van der Waals surface area contributed by atoms with Crippen LogP contribution in [0, 0.1) is 0 Å². The molecular weight excluding hydrogens is 140 g/mol. The smallest absolute Gasteiger partial charge is 0.153 e. The molecule has 0 saturated carbocycles. The van der Waals surface area contributed by atoms with Crippen molar-refractivity contribution in [3.8, 4) is 0 Å². The molecule has 1 aromatic rings. The van der Waals surface area contributed by atoms with Crippen LogP contribution in [-0.4, -0.2) is 21.7 Å². The fourth-order valence-electron chi connectivity index (χ4n) is 0.817.